The van der Waals surface area contributed by atoms with Crippen LogP contribution in [0.15, 0.2) is 24.3 Å². The first kappa shape index (κ1) is 23.9. The number of H-pyrrole nitrogens is 1. The average molecular weight is 479 g/mol. The minimum Gasteiger partial charge on any atom is -0.493 e. The van der Waals surface area contributed by atoms with Crippen molar-refractivity contribution in [3.05, 3.63) is 30.0 Å². The number of benzene rings is 1. The van der Waals surface area contributed by atoms with Crippen molar-refractivity contribution >= 4 is 16.7 Å². The molecule has 0 bridgehead atoms. The molecule has 4 heterocycles. The number of fused-ring (bicyclic) bond motifs is 1. The van der Waals surface area contributed by atoms with Crippen LogP contribution in [0, 0.1) is 6.92 Å². The lowest BCUT2D eigenvalue weighted by Crippen LogP contribution is -2.37. The number of likely N-dealkylation sites (tertiary alicyclic amines) is 2. The third-order valence-corrected chi connectivity index (χ3v) is 7.19. The molecule has 0 saturated carbocycles. The molecule has 0 amide bonds. The van der Waals surface area contributed by atoms with Crippen LogP contribution in [0.25, 0.3) is 22.4 Å². The van der Waals surface area contributed by atoms with Gasteiger partial charge in [-0.15, -0.1) is 0 Å². The molecule has 0 aliphatic carbocycles. The minimum atomic E-state index is 0.384. The highest BCUT2D eigenvalue weighted by Crippen LogP contribution is 2.36. The highest BCUT2D eigenvalue weighted by atomic mass is 16.5. The Morgan fingerprint density at radius 1 is 1.06 bits per heavy atom. The molecule has 0 radical (unpaired) electrons. The van der Waals surface area contributed by atoms with E-state index in [0.29, 0.717) is 18.5 Å². The van der Waals surface area contributed by atoms with Crippen LogP contribution in [0.4, 0.5) is 5.82 Å². The van der Waals surface area contributed by atoms with Gasteiger partial charge in [0.15, 0.2) is 17.3 Å². The molecular weight excluding hydrogens is 440 g/mol. The van der Waals surface area contributed by atoms with Crippen molar-refractivity contribution in [2.45, 2.75) is 45.1 Å². The summed E-state index contributed by atoms with van der Waals surface area (Å²) in [5.74, 6) is 2.99. The molecule has 8 heteroatoms. The summed E-state index contributed by atoms with van der Waals surface area (Å²) >= 11 is 0. The topological polar surface area (TPSA) is 78.5 Å². The van der Waals surface area contributed by atoms with Crippen LogP contribution < -0.4 is 14.8 Å². The van der Waals surface area contributed by atoms with E-state index in [9.17, 15) is 0 Å². The molecule has 3 aromatic rings. The Morgan fingerprint density at radius 2 is 1.86 bits per heavy atom. The van der Waals surface area contributed by atoms with Crippen LogP contribution in [0.1, 0.15) is 37.8 Å². The number of ether oxygens (including phenoxy) is 2. The number of methoxy groups -OCH3 is 1. The van der Waals surface area contributed by atoms with E-state index in [1.807, 2.05) is 25.1 Å². The van der Waals surface area contributed by atoms with Crippen LogP contribution in [0.2, 0.25) is 0 Å². The predicted molar refractivity (Wildman–Crippen MR) is 141 cm³/mol. The lowest BCUT2D eigenvalue weighted by atomic mass is 10.1. The number of hydrogen-bond donors (Lipinski definition) is 2. The second-order valence-corrected chi connectivity index (χ2v) is 9.94. The summed E-state index contributed by atoms with van der Waals surface area (Å²) in [6, 6.07) is 8.50. The summed E-state index contributed by atoms with van der Waals surface area (Å²) in [6.45, 7) is 8.38. The van der Waals surface area contributed by atoms with Gasteiger partial charge in [-0.2, -0.15) is 0 Å². The van der Waals surface area contributed by atoms with Crippen molar-refractivity contribution in [3.8, 4) is 23.0 Å². The number of hydrogen-bond acceptors (Lipinski definition) is 7. The number of aromatic amines is 1. The van der Waals surface area contributed by atoms with E-state index in [4.69, 9.17) is 19.4 Å². The van der Waals surface area contributed by atoms with Crippen molar-refractivity contribution in [2.75, 3.05) is 58.8 Å². The summed E-state index contributed by atoms with van der Waals surface area (Å²) in [6.07, 6.45) is 5.81. The second kappa shape index (κ2) is 10.8. The van der Waals surface area contributed by atoms with Gasteiger partial charge >= 0.3 is 0 Å². The molecule has 8 nitrogen and oxygen atoms in total. The lowest BCUT2D eigenvalue weighted by Gasteiger charge is -2.30. The van der Waals surface area contributed by atoms with Crippen molar-refractivity contribution in [3.63, 3.8) is 0 Å². The van der Waals surface area contributed by atoms with Crippen molar-refractivity contribution in [1.82, 2.24) is 24.8 Å². The molecule has 2 aliphatic rings. The summed E-state index contributed by atoms with van der Waals surface area (Å²) in [4.78, 5) is 18.1. The van der Waals surface area contributed by atoms with Crippen LogP contribution in [-0.4, -0.2) is 84.3 Å². The van der Waals surface area contributed by atoms with E-state index in [1.165, 1.54) is 25.9 Å². The molecule has 188 valence electrons. The molecule has 35 heavy (non-hydrogen) atoms. The second-order valence-electron chi connectivity index (χ2n) is 9.94. The Balaban J connectivity index is 1.43. The van der Waals surface area contributed by atoms with Gasteiger partial charge < -0.3 is 29.6 Å². The Kier molecular flexibility index (Phi) is 7.39. The SMILES string of the molecule is COc1cc2c(NC3CCN(C)CC3)nc(-c3ccc(C)[nH]3)nc2cc1OCCCN1CCCC1. The average Bonchev–Trinajstić information content (AvgIpc) is 3.54. The molecule has 0 spiro atoms. The van der Waals surface area contributed by atoms with Gasteiger partial charge in [-0.05, 0) is 90.5 Å². The molecular formula is C27H38N6O2. The first-order valence-corrected chi connectivity index (χ1v) is 12.9. The summed E-state index contributed by atoms with van der Waals surface area (Å²) < 4.78 is 11.9. The normalized spacial score (nSPS) is 17.8. The fraction of sp³-hybridized carbons (Fsp3) is 0.556. The smallest absolute Gasteiger partial charge is 0.178 e. The number of rotatable bonds is 9. The van der Waals surface area contributed by atoms with Gasteiger partial charge in [0.2, 0.25) is 0 Å². The zero-order chi connectivity index (χ0) is 24.2. The van der Waals surface area contributed by atoms with E-state index in [0.717, 1.165) is 78.5 Å². The van der Waals surface area contributed by atoms with E-state index >= 15 is 0 Å². The van der Waals surface area contributed by atoms with Gasteiger partial charge in [-0.25, -0.2) is 9.97 Å². The fourth-order valence-corrected chi connectivity index (χ4v) is 5.10. The van der Waals surface area contributed by atoms with Crippen molar-refractivity contribution < 1.29 is 9.47 Å². The summed E-state index contributed by atoms with van der Waals surface area (Å²) in [7, 11) is 3.87. The summed E-state index contributed by atoms with van der Waals surface area (Å²) in [5.41, 5.74) is 2.86. The van der Waals surface area contributed by atoms with Gasteiger partial charge in [0.05, 0.1) is 24.9 Å². The Bertz CT molecular complexity index is 1130. The van der Waals surface area contributed by atoms with Gasteiger partial charge in [0, 0.05) is 29.7 Å². The monoisotopic (exact) mass is 478 g/mol. The molecule has 2 saturated heterocycles. The maximum absolute atomic E-state index is 6.20. The molecule has 5 rings (SSSR count). The van der Waals surface area contributed by atoms with Crippen LogP contribution in [-0.2, 0) is 0 Å². The standard InChI is InChI=1S/C27H38N6O2/c1-19-7-8-22(28-19)27-30-23-18-25(35-16-6-13-33-11-4-5-12-33)24(34-3)17-21(23)26(31-27)29-20-9-14-32(2)15-10-20/h7-8,17-18,20,28H,4-6,9-16H2,1-3H3,(H,29,30,31). The van der Waals surface area contributed by atoms with Gasteiger partial charge in [-0.1, -0.05) is 0 Å². The third-order valence-electron chi connectivity index (χ3n) is 7.19. The molecule has 2 fully saturated rings. The van der Waals surface area contributed by atoms with Gasteiger partial charge in [-0.3, -0.25) is 0 Å². The number of nitrogens with zero attached hydrogens (tertiary/aromatic N) is 4. The van der Waals surface area contributed by atoms with E-state index in [-0.39, 0.29) is 0 Å². The molecule has 0 unspecified atom stereocenters. The molecule has 0 atom stereocenters. The fourth-order valence-electron chi connectivity index (χ4n) is 5.10. The zero-order valence-electron chi connectivity index (χ0n) is 21.3. The highest BCUT2D eigenvalue weighted by Gasteiger charge is 2.21. The van der Waals surface area contributed by atoms with E-state index in [2.05, 4.69) is 33.2 Å². The van der Waals surface area contributed by atoms with Crippen LogP contribution >= 0.6 is 0 Å². The predicted octanol–water partition coefficient (Wildman–Crippen LogP) is 4.31. The summed E-state index contributed by atoms with van der Waals surface area (Å²) in [5, 5.41) is 4.68. The van der Waals surface area contributed by atoms with Crippen molar-refractivity contribution in [1.29, 1.82) is 0 Å². The first-order chi connectivity index (χ1) is 17.1. The van der Waals surface area contributed by atoms with E-state index in [1.54, 1.807) is 7.11 Å². The highest BCUT2D eigenvalue weighted by molar-refractivity contribution is 5.93. The molecule has 2 aromatic heterocycles. The largest absolute Gasteiger partial charge is 0.493 e. The number of aromatic nitrogens is 3. The quantitative estimate of drug-likeness (QED) is 0.444. The van der Waals surface area contributed by atoms with Crippen molar-refractivity contribution in [2.24, 2.45) is 0 Å². The first-order valence-electron chi connectivity index (χ1n) is 12.9. The van der Waals surface area contributed by atoms with Gasteiger partial charge in [0.25, 0.3) is 0 Å². The Hall–Kier alpha value is -2.84. The van der Waals surface area contributed by atoms with Crippen LogP contribution in [0.3, 0.4) is 0 Å². The number of nitrogens with one attached hydrogen (secondary N) is 2. The number of anilines is 1. The van der Waals surface area contributed by atoms with Crippen LogP contribution in [0.5, 0.6) is 11.5 Å². The molecule has 1 aromatic carbocycles. The maximum atomic E-state index is 6.20. The maximum Gasteiger partial charge on any atom is 0.178 e. The van der Waals surface area contributed by atoms with Gasteiger partial charge in [0.1, 0.15) is 5.82 Å². The minimum absolute atomic E-state index is 0.384. The zero-order valence-corrected chi connectivity index (χ0v) is 21.3. The lowest BCUT2D eigenvalue weighted by molar-refractivity contribution is 0.254. The Morgan fingerprint density at radius 3 is 2.57 bits per heavy atom. The molecule has 2 N–H and O–H groups in total. The Labute approximate surface area is 208 Å². The van der Waals surface area contributed by atoms with E-state index < -0.39 is 0 Å². The molecule has 2 aliphatic heterocycles. The third kappa shape index (κ3) is 5.70. The number of aryl methyl sites for hydroxylation is 1. The number of piperidine rings is 1.